The molecule has 1 aromatic heterocycles. The molecule has 0 amide bonds. The second-order valence-electron chi connectivity index (χ2n) is 6.69. The number of quaternary nitrogens is 1. The van der Waals surface area contributed by atoms with E-state index in [4.69, 9.17) is 4.98 Å². The van der Waals surface area contributed by atoms with E-state index in [0.717, 1.165) is 13.0 Å². The summed E-state index contributed by atoms with van der Waals surface area (Å²) >= 11 is 0. The minimum atomic E-state index is 1.11. The first kappa shape index (κ1) is 15.5. The predicted molar refractivity (Wildman–Crippen MR) is 92.4 cm³/mol. The van der Waals surface area contributed by atoms with Gasteiger partial charge in [0.2, 0.25) is 0 Å². The van der Waals surface area contributed by atoms with E-state index in [2.05, 4.69) is 35.8 Å². The van der Waals surface area contributed by atoms with Crippen molar-refractivity contribution in [1.29, 1.82) is 0 Å². The van der Waals surface area contributed by atoms with Crippen LogP contribution in [0.15, 0.2) is 24.3 Å². The molecule has 0 saturated carbocycles. The molecule has 0 aliphatic carbocycles. The molecule has 0 radical (unpaired) electrons. The summed E-state index contributed by atoms with van der Waals surface area (Å²) in [6.45, 7) is 7.46. The number of rotatable bonds is 7. The Kier molecular flexibility index (Phi) is 5.49. The lowest BCUT2D eigenvalue weighted by atomic mass is 10.1. The minimum absolute atomic E-state index is 1.11. The number of nitrogens with zero attached hydrogens (tertiary/aromatic N) is 2. The van der Waals surface area contributed by atoms with Gasteiger partial charge >= 0.3 is 0 Å². The van der Waals surface area contributed by atoms with Crippen LogP contribution in [0.5, 0.6) is 0 Å². The molecule has 1 N–H and O–H groups in total. The summed E-state index contributed by atoms with van der Waals surface area (Å²) < 4.78 is 2.46. The van der Waals surface area contributed by atoms with Gasteiger partial charge in [0.25, 0.3) is 0 Å². The molecule has 1 saturated heterocycles. The molecule has 22 heavy (non-hydrogen) atoms. The third-order valence-electron chi connectivity index (χ3n) is 4.96. The number of nitrogens with one attached hydrogen (secondary N) is 1. The van der Waals surface area contributed by atoms with Gasteiger partial charge in [0, 0.05) is 19.4 Å². The monoisotopic (exact) mass is 300 g/mol. The zero-order valence-electron chi connectivity index (χ0n) is 14.0. The van der Waals surface area contributed by atoms with E-state index in [1.165, 1.54) is 75.0 Å². The van der Waals surface area contributed by atoms with Gasteiger partial charge in [0.15, 0.2) is 0 Å². The van der Waals surface area contributed by atoms with Crippen molar-refractivity contribution in [3.8, 4) is 0 Å². The van der Waals surface area contributed by atoms with Crippen LogP contribution in [0.3, 0.4) is 0 Å². The normalized spacial score (nSPS) is 16.4. The fraction of sp³-hybridized carbons (Fsp3) is 0.632. The summed E-state index contributed by atoms with van der Waals surface area (Å²) in [6, 6.07) is 8.60. The molecule has 2 heterocycles. The molecule has 0 bridgehead atoms. The van der Waals surface area contributed by atoms with E-state index in [9.17, 15) is 0 Å². The van der Waals surface area contributed by atoms with Crippen molar-refractivity contribution >= 4 is 11.0 Å². The highest BCUT2D eigenvalue weighted by Gasteiger charge is 2.14. The van der Waals surface area contributed by atoms with Gasteiger partial charge in [0.05, 0.1) is 30.7 Å². The van der Waals surface area contributed by atoms with Gasteiger partial charge in [-0.2, -0.15) is 0 Å². The van der Waals surface area contributed by atoms with Crippen LogP contribution in [0, 0.1) is 0 Å². The summed E-state index contributed by atoms with van der Waals surface area (Å²) in [5.41, 5.74) is 2.48. The Bertz CT molecular complexity index is 581. The van der Waals surface area contributed by atoms with E-state index in [1.807, 2.05) is 4.90 Å². The molecule has 1 aliphatic heterocycles. The Balaban J connectivity index is 1.66. The first-order chi connectivity index (χ1) is 10.9. The second kappa shape index (κ2) is 7.77. The molecule has 3 heteroatoms. The molecule has 1 aliphatic rings. The first-order valence-corrected chi connectivity index (χ1v) is 9.16. The van der Waals surface area contributed by atoms with E-state index in [1.54, 1.807) is 0 Å². The molecule has 0 atom stereocenters. The fourth-order valence-electron chi connectivity index (χ4n) is 3.68. The van der Waals surface area contributed by atoms with Crippen molar-refractivity contribution in [2.45, 2.75) is 58.4 Å². The fourth-order valence-corrected chi connectivity index (χ4v) is 3.68. The summed E-state index contributed by atoms with van der Waals surface area (Å²) in [7, 11) is 0. The third-order valence-corrected chi connectivity index (χ3v) is 4.96. The molecular weight excluding hydrogens is 270 g/mol. The van der Waals surface area contributed by atoms with Crippen LogP contribution < -0.4 is 4.90 Å². The van der Waals surface area contributed by atoms with Crippen molar-refractivity contribution in [1.82, 2.24) is 9.55 Å². The molecule has 1 fully saturated rings. The van der Waals surface area contributed by atoms with Gasteiger partial charge in [-0.1, -0.05) is 25.5 Å². The lowest BCUT2D eigenvalue weighted by Crippen LogP contribution is -3.12. The lowest BCUT2D eigenvalue weighted by Gasteiger charge is -2.23. The van der Waals surface area contributed by atoms with Gasteiger partial charge in [-0.05, 0) is 37.8 Å². The molecule has 2 aromatic rings. The second-order valence-corrected chi connectivity index (χ2v) is 6.69. The highest BCUT2D eigenvalue weighted by atomic mass is 15.1. The number of fused-ring (bicyclic) bond motifs is 1. The van der Waals surface area contributed by atoms with Crippen molar-refractivity contribution in [3.05, 3.63) is 30.1 Å². The van der Waals surface area contributed by atoms with Crippen LogP contribution in [-0.2, 0) is 13.0 Å². The number of aryl methyl sites for hydroxylation is 2. The van der Waals surface area contributed by atoms with Gasteiger partial charge in [-0.3, -0.25) is 0 Å². The molecule has 3 rings (SSSR count). The van der Waals surface area contributed by atoms with E-state index < -0.39 is 0 Å². The molecule has 120 valence electrons. The number of likely N-dealkylation sites (tertiary alicyclic amines) is 1. The third kappa shape index (κ3) is 3.70. The number of benzene rings is 1. The first-order valence-electron chi connectivity index (χ1n) is 9.16. The van der Waals surface area contributed by atoms with Gasteiger partial charge in [-0.25, -0.2) is 4.98 Å². The number of hydrogen-bond acceptors (Lipinski definition) is 1. The van der Waals surface area contributed by atoms with Crippen LogP contribution in [0.25, 0.3) is 11.0 Å². The number of para-hydroxylation sites is 2. The van der Waals surface area contributed by atoms with Crippen LogP contribution in [0.2, 0.25) is 0 Å². The molecule has 1 aromatic carbocycles. The van der Waals surface area contributed by atoms with Crippen molar-refractivity contribution in [3.63, 3.8) is 0 Å². The lowest BCUT2D eigenvalue weighted by molar-refractivity contribution is -0.905. The molecule has 0 spiro atoms. The summed E-state index contributed by atoms with van der Waals surface area (Å²) in [5, 5.41) is 0. The number of unbranched alkanes of at least 4 members (excludes halogenated alkanes) is 1. The Morgan fingerprint density at radius 1 is 1.09 bits per heavy atom. The smallest absolute Gasteiger partial charge is 0.110 e. The van der Waals surface area contributed by atoms with E-state index >= 15 is 0 Å². The standard InChI is InChI=1S/C19H29N3/c1-2-3-16-22-18-11-6-5-10-17(18)20-19(22)12-9-15-21-13-7-4-8-14-21/h5-6,10-11H,2-4,7-9,12-16H2,1H3/p+1. The van der Waals surface area contributed by atoms with Gasteiger partial charge < -0.3 is 9.47 Å². The predicted octanol–water partition coefficient (Wildman–Crippen LogP) is 2.84. The molecule has 0 unspecified atom stereocenters. The quantitative estimate of drug-likeness (QED) is 0.834. The van der Waals surface area contributed by atoms with Gasteiger partial charge in [0.1, 0.15) is 5.82 Å². The topological polar surface area (TPSA) is 22.3 Å². The highest BCUT2D eigenvalue weighted by molar-refractivity contribution is 5.75. The SMILES string of the molecule is CCCCn1c(CCC[NH+]2CCCCC2)nc2ccccc21. The number of piperidine rings is 1. The minimum Gasteiger partial charge on any atom is -0.335 e. The zero-order chi connectivity index (χ0) is 15.2. The maximum absolute atomic E-state index is 4.90. The number of hydrogen-bond donors (Lipinski definition) is 1. The molecular formula is C19H30N3+. The Hall–Kier alpha value is -1.35. The number of aromatic nitrogens is 2. The highest BCUT2D eigenvalue weighted by Crippen LogP contribution is 2.18. The number of imidazole rings is 1. The van der Waals surface area contributed by atoms with Crippen molar-refractivity contribution < 1.29 is 4.90 Å². The Labute approximate surface area is 134 Å². The van der Waals surface area contributed by atoms with E-state index in [0.29, 0.717) is 0 Å². The summed E-state index contributed by atoms with van der Waals surface area (Å²) in [5.74, 6) is 1.30. The van der Waals surface area contributed by atoms with Crippen molar-refractivity contribution in [2.75, 3.05) is 19.6 Å². The van der Waals surface area contributed by atoms with Gasteiger partial charge in [-0.15, -0.1) is 0 Å². The Morgan fingerprint density at radius 2 is 1.91 bits per heavy atom. The van der Waals surface area contributed by atoms with Crippen LogP contribution in [-0.4, -0.2) is 29.2 Å². The summed E-state index contributed by atoms with van der Waals surface area (Å²) in [6.07, 6.45) is 9.16. The van der Waals surface area contributed by atoms with Crippen LogP contribution in [0.1, 0.15) is 51.3 Å². The largest absolute Gasteiger partial charge is 0.335 e. The van der Waals surface area contributed by atoms with Crippen LogP contribution >= 0.6 is 0 Å². The van der Waals surface area contributed by atoms with E-state index in [-0.39, 0.29) is 0 Å². The average Bonchev–Trinajstić information content (AvgIpc) is 2.91. The molecule has 3 nitrogen and oxygen atoms in total. The zero-order valence-corrected chi connectivity index (χ0v) is 14.0. The maximum atomic E-state index is 4.90. The maximum Gasteiger partial charge on any atom is 0.110 e. The summed E-state index contributed by atoms with van der Waals surface area (Å²) in [4.78, 5) is 6.71. The van der Waals surface area contributed by atoms with Crippen LogP contribution in [0.4, 0.5) is 0 Å². The van der Waals surface area contributed by atoms with Crippen molar-refractivity contribution in [2.24, 2.45) is 0 Å². The average molecular weight is 300 g/mol. The Morgan fingerprint density at radius 3 is 2.73 bits per heavy atom.